The number of rotatable bonds is 4. The van der Waals surface area contributed by atoms with Gasteiger partial charge in [0.25, 0.3) is 0 Å². The molecule has 0 aliphatic rings. The fourth-order valence-electron chi connectivity index (χ4n) is 1.71. The number of anilines is 2. The predicted molar refractivity (Wildman–Crippen MR) is 79.1 cm³/mol. The molecule has 2 aromatic rings. The molecule has 0 amide bonds. The summed E-state index contributed by atoms with van der Waals surface area (Å²) >= 11 is 5.91. The summed E-state index contributed by atoms with van der Waals surface area (Å²) in [6, 6.07) is 5.96. The summed E-state index contributed by atoms with van der Waals surface area (Å²) in [5.74, 6) is 0.449. The van der Waals surface area contributed by atoms with Crippen LogP contribution in [0.15, 0.2) is 24.3 Å². The van der Waals surface area contributed by atoms with Crippen molar-refractivity contribution in [2.75, 3.05) is 12.4 Å². The van der Waals surface area contributed by atoms with Crippen LogP contribution in [0.4, 0.5) is 11.5 Å². The minimum atomic E-state index is -0.518. The van der Waals surface area contributed by atoms with Gasteiger partial charge in [0.05, 0.1) is 18.4 Å². The number of ether oxygens (including phenoxy) is 1. The minimum Gasteiger partial charge on any atom is -0.506 e. The Kier molecular flexibility index (Phi) is 4.59. The molecule has 1 aromatic carbocycles. The summed E-state index contributed by atoms with van der Waals surface area (Å²) in [6.07, 6.45) is 0.641. The van der Waals surface area contributed by atoms with Crippen molar-refractivity contribution >= 4 is 29.1 Å². The summed E-state index contributed by atoms with van der Waals surface area (Å²) < 4.78 is 4.59. The lowest BCUT2D eigenvalue weighted by molar-refractivity contribution is 0.0600. The molecule has 7 heteroatoms. The van der Waals surface area contributed by atoms with E-state index in [4.69, 9.17) is 11.6 Å². The van der Waals surface area contributed by atoms with Crippen LogP contribution in [0.3, 0.4) is 0 Å². The number of hydrogen-bond acceptors (Lipinski definition) is 6. The Labute approximate surface area is 126 Å². The predicted octanol–water partition coefficient (Wildman–Crippen LogP) is 2.93. The van der Waals surface area contributed by atoms with Gasteiger partial charge in [-0.05, 0) is 18.2 Å². The van der Waals surface area contributed by atoms with Crippen LogP contribution in [0, 0.1) is 0 Å². The van der Waals surface area contributed by atoms with Crippen LogP contribution in [0.25, 0.3) is 0 Å². The van der Waals surface area contributed by atoms with Crippen LogP contribution in [-0.2, 0) is 11.2 Å². The zero-order valence-corrected chi connectivity index (χ0v) is 12.3. The van der Waals surface area contributed by atoms with Crippen LogP contribution in [0.5, 0.6) is 5.75 Å². The molecule has 2 rings (SSSR count). The number of nitrogens with zero attached hydrogens (tertiary/aromatic N) is 2. The van der Waals surface area contributed by atoms with E-state index in [1.54, 1.807) is 12.1 Å². The number of hydrogen-bond donors (Lipinski definition) is 2. The van der Waals surface area contributed by atoms with Crippen molar-refractivity contribution < 1.29 is 14.6 Å². The molecule has 0 spiro atoms. The number of aromatic nitrogens is 2. The van der Waals surface area contributed by atoms with E-state index in [0.717, 1.165) is 0 Å². The van der Waals surface area contributed by atoms with Gasteiger partial charge >= 0.3 is 5.97 Å². The molecule has 2 N–H and O–H groups in total. The van der Waals surface area contributed by atoms with Crippen LogP contribution >= 0.6 is 11.6 Å². The van der Waals surface area contributed by atoms with E-state index in [1.165, 1.54) is 19.2 Å². The summed E-state index contributed by atoms with van der Waals surface area (Å²) in [4.78, 5) is 19.7. The van der Waals surface area contributed by atoms with E-state index in [9.17, 15) is 9.90 Å². The summed E-state index contributed by atoms with van der Waals surface area (Å²) in [5.41, 5.74) is 0.662. The summed E-state index contributed by atoms with van der Waals surface area (Å²) in [6.45, 7) is 1.91. The lowest BCUT2D eigenvalue weighted by Gasteiger charge is -2.10. The second kappa shape index (κ2) is 6.41. The second-order valence-corrected chi connectivity index (χ2v) is 4.58. The fourth-order valence-corrected chi connectivity index (χ4v) is 1.91. The molecule has 0 saturated carbocycles. The van der Waals surface area contributed by atoms with Gasteiger partial charge in [0.2, 0.25) is 0 Å². The van der Waals surface area contributed by atoms with E-state index in [-0.39, 0.29) is 11.3 Å². The van der Waals surface area contributed by atoms with Gasteiger partial charge < -0.3 is 15.2 Å². The molecule has 110 valence electrons. The maximum absolute atomic E-state index is 11.4. The Balaban J connectivity index is 2.27. The van der Waals surface area contributed by atoms with Gasteiger partial charge in [0.1, 0.15) is 22.5 Å². The smallest absolute Gasteiger partial charge is 0.337 e. The first-order valence-electron chi connectivity index (χ1n) is 6.25. The standard InChI is InChI=1S/C14H14ClN3O3/c1-3-12-17-11(15)7-13(18-12)16-9-5-4-8(6-10(9)19)14(20)21-2/h4-7,19H,3H2,1-2H3,(H,16,17,18). The molecule has 0 aliphatic heterocycles. The van der Waals surface area contributed by atoms with E-state index in [2.05, 4.69) is 20.0 Å². The van der Waals surface area contributed by atoms with Crippen molar-refractivity contribution in [3.05, 3.63) is 40.8 Å². The lowest BCUT2D eigenvalue weighted by atomic mass is 10.2. The van der Waals surface area contributed by atoms with Crippen LogP contribution in [0.1, 0.15) is 23.1 Å². The summed E-state index contributed by atoms with van der Waals surface area (Å²) in [5, 5.41) is 13.2. The van der Waals surface area contributed by atoms with Gasteiger partial charge in [-0.15, -0.1) is 0 Å². The quantitative estimate of drug-likeness (QED) is 0.513. The van der Waals surface area contributed by atoms with Crippen molar-refractivity contribution in [3.63, 3.8) is 0 Å². The van der Waals surface area contributed by atoms with Crippen molar-refractivity contribution in [3.8, 4) is 5.75 Å². The number of aryl methyl sites for hydroxylation is 1. The van der Waals surface area contributed by atoms with Gasteiger partial charge in [-0.2, -0.15) is 0 Å². The van der Waals surface area contributed by atoms with Crippen LogP contribution in [-0.4, -0.2) is 28.2 Å². The van der Waals surface area contributed by atoms with Gasteiger partial charge in [-0.1, -0.05) is 18.5 Å². The first-order chi connectivity index (χ1) is 10.0. The van der Waals surface area contributed by atoms with Crippen molar-refractivity contribution in [1.82, 2.24) is 9.97 Å². The zero-order chi connectivity index (χ0) is 15.4. The topological polar surface area (TPSA) is 84.3 Å². The van der Waals surface area contributed by atoms with E-state index < -0.39 is 5.97 Å². The Morgan fingerprint density at radius 2 is 2.14 bits per heavy atom. The molecule has 0 fully saturated rings. The summed E-state index contributed by atoms with van der Waals surface area (Å²) in [7, 11) is 1.28. The molecule has 0 unspecified atom stereocenters. The molecular weight excluding hydrogens is 294 g/mol. The molecule has 0 saturated heterocycles. The normalized spacial score (nSPS) is 10.2. The Bertz CT molecular complexity index is 677. The lowest BCUT2D eigenvalue weighted by Crippen LogP contribution is -2.02. The number of carbonyl (C=O) groups is 1. The van der Waals surface area contributed by atoms with Crippen molar-refractivity contribution in [2.24, 2.45) is 0 Å². The number of nitrogens with one attached hydrogen (secondary N) is 1. The maximum atomic E-state index is 11.4. The highest BCUT2D eigenvalue weighted by atomic mass is 35.5. The Morgan fingerprint density at radius 1 is 1.38 bits per heavy atom. The van der Waals surface area contributed by atoms with E-state index in [0.29, 0.717) is 28.9 Å². The minimum absolute atomic E-state index is 0.0920. The number of phenolic OH excluding ortho intramolecular Hbond substituents is 1. The highest BCUT2D eigenvalue weighted by Crippen LogP contribution is 2.28. The third-order valence-corrected chi connectivity index (χ3v) is 2.93. The molecule has 1 aromatic heterocycles. The largest absolute Gasteiger partial charge is 0.506 e. The average molecular weight is 308 g/mol. The average Bonchev–Trinajstić information content (AvgIpc) is 2.47. The molecule has 1 heterocycles. The number of carbonyl (C=O) groups excluding carboxylic acids is 1. The van der Waals surface area contributed by atoms with Gasteiger partial charge in [-0.3, -0.25) is 0 Å². The Hall–Kier alpha value is -2.34. The highest BCUT2D eigenvalue weighted by molar-refractivity contribution is 6.29. The third kappa shape index (κ3) is 3.61. The molecule has 0 aliphatic carbocycles. The molecule has 0 radical (unpaired) electrons. The van der Waals surface area contributed by atoms with Gasteiger partial charge in [-0.25, -0.2) is 14.8 Å². The Morgan fingerprint density at radius 3 is 2.76 bits per heavy atom. The zero-order valence-electron chi connectivity index (χ0n) is 11.6. The van der Waals surface area contributed by atoms with Crippen LogP contribution < -0.4 is 5.32 Å². The molecular formula is C14H14ClN3O3. The van der Waals surface area contributed by atoms with Crippen LogP contribution in [0.2, 0.25) is 5.15 Å². The number of esters is 1. The molecule has 0 bridgehead atoms. The molecule has 21 heavy (non-hydrogen) atoms. The van der Waals surface area contributed by atoms with E-state index >= 15 is 0 Å². The van der Waals surface area contributed by atoms with E-state index in [1.807, 2.05) is 6.92 Å². The maximum Gasteiger partial charge on any atom is 0.337 e. The molecule has 0 atom stereocenters. The second-order valence-electron chi connectivity index (χ2n) is 4.19. The number of phenols is 1. The molecule has 6 nitrogen and oxygen atoms in total. The first-order valence-corrected chi connectivity index (χ1v) is 6.63. The van der Waals surface area contributed by atoms with Gasteiger partial charge in [0, 0.05) is 12.5 Å². The first kappa shape index (κ1) is 15.1. The number of aromatic hydroxyl groups is 1. The third-order valence-electron chi connectivity index (χ3n) is 2.74. The monoisotopic (exact) mass is 307 g/mol. The number of halogens is 1. The van der Waals surface area contributed by atoms with Gasteiger partial charge in [0.15, 0.2) is 0 Å². The number of methoxy groups -OCH3 is 1. The number of benzene rings is 1. The SMILES string of the molecule is CCc1nc(Cl)cc(Nc2ccc(C(=O)OC)cc2O)n1. The van der Waals surface area contributed by atoms with Crippen molar-refractivity contribution in [2.45, 2.75) is 13.3 Å². The van der Waals surface area contributed by atoms with Crippen molar-refractivity contribution in [1.29, 1.82) is 0 Å². The fraction of sp³-hybridized carbons (Fsp3) is 0.214. The highest BCUT2D eigenvalue weighted by Gasteiger charge is 2.10.